The molecule has 2 aromatic carbocycles. The van der Waals surface area contributed by atoms with Gasteiger partial charge < -0.3 is 19.2 Å². The van der Waals surface area contributed by atoms with E-state index in [-0.39, 0.29) is 36.2 Å². The van der Waals surface area contributed by atoms with Gasteiger partial charge in [0.05, 0.1) is 13.7 Å². The number of urea groups is 1. The Morgan fingerprint density at radius 1 is 1.09 bits per heavy atom. The summed E-state index contributed by atoms with van der Waals surface area (Å²) in [5.41, 5.74) is 1.42. The molecule has 1 saturated heterocycles. The highest BCUT2D eigenvalue weighted by Gasteiger charge is 2.34. The fourth-order valence-electron chi connectivity index (χ4n) is 3.17. The molecule has 1 N–H and O–H groups in total. The van der Waals surface area contributed by atoms with Crippen LogP contribution in [0.25, 0.3) is 6.08 Å². The summed E-state index contributed by atoms with van der Waals surface area (Å²) < 4.78 is 28.8. The fourth-order valence-corrected chi connectivity index (χ4v) is 3.17. The monoisotopic (exact) mass is 450 g/mol. The maximum Gasteiger partial charge on any atom is 0.373 e. The summed E-state index contributed by atoms with van der Waals surface area (Å²) in [4.78, 5) is 37.7. The predicted octanol–water partition coefficient (Wildman–Crippen LogP) is 3.88. The van der Waals surface area contributed by atoms with Gasteiger partial charge in [0.1, 0.15) is 29.6 Å². The highest BCUT2D eigenvalue weighted by molar-refractivity contribution is 6.14. The molecule has 3 amide bonds. The van der Waals surface area contributed by atoms with Gasteiger partial charge in [-0.25, -0.2) is 14.0 Å². The van der Waals surface area contributed by atoms with Crippen LogP contribution in [0.3, 0.4) is 0 Å². The molecule has 1 fully saturated rings. The van der Waals surface area contributed by atoms with Gasteiger partial charge in [0.2, 0.25) is 5.76 Å². The molecule has 1 aromatic heterocycles. The Kier molecular flexibility index (Phi) is 6.21. The summed E-state index contributed by atoms with van der Waals surface area (Å²) in [7, 11) is 1.22. The van der Waals surface area contributed by atoms with Gasteiger partial charge in [-0.2, -0.15) is 0 Å². The number of methoxy groups -OCH3 is 1. The summed E-state index contributed by atoms with van der Waals surface area (Å²) in [5, 5.41) is 2.54. The van der Waals surface area contributed by atoms with Gasteiger partial charge in [-0.15, -0.1) is 0 Å². The molecule has 0 saturated carbocycles. The molecule has 9 heteroatoms. The van der Waals surface area contributed by atoms with Crippen LogP contribution in [0.5, 0.6) is 5.75 Å². The van der Waals surface area contributed by atoms with Crippen LogP contribution in [-0.4, -0.2) is 29.9 Å². The van der Waals surface area contributed by atoms with E-state index in [9.17, 15) is 18.8 Å². The highest BCUT2D eigenvalue weighted by atomic mass is 19.1. The number of rotatable bonds is 7. The second-order valence-corrected chi connectivity index (χ2v) is 7.09. The first-order valence-corrected chi connectivity index (χ1v) is 9.92. The third-order valence-electron chi connectivity index (χ3n) is 4.85. The molecule has 2 heterocycles. The molecular formula is C24H19FN2O6. The van der Waals surface area contributed by atoms with Gasteiger partial charge in [-0.3, -0.25) is 9.69 Å². The Bertz CT molecular complexity index is 1230. The van der Waals surface area contributed by atoms with E-state index in [0.29, 0.717) is 11.3 Å². The molecule has 0 spiro atoms. The second-order valence-electron chi connectivity index (χ2n) is 7.09. The van der Waals surface area contributed by atoms with E-state index in [2.05, 4.69) is 10.1 Å². The molecule has 0 aliphatic carbocycles. The average molecular weight is 450 g/mol. The van der Waals surface area contributed by atoms with Crippen molar-refractivity contribution in [2.75, 3.05) is 7.11 Å². The number of carbonyl (C=O) groups excluding carboxylic acids is 3. The minimum atomic E-state index is -0.656. The van der Waals surface area contributed by atoms with E-state index in [0.717, 1.165) is 10.5 Å². The molecule has 8 nitrogen and oxygen atoms in total. The molecule has 0 unspecified atom stereocenters. The van der Waals surface area contributed by atoms with E-state index < -0.39 is 17.9 Å². The highest BCUT2D eigenvalue weighted by Crippen LogP contribution is 2.24. The van der Waals surface area contributed by atoms with Crippen LogP contribution < -0.4 is 10.1 Å². The molecule has 0 radical (unpaired) electrons. The van der Waals surface area contributed by atoms with E-state index in [1.54, 1.807) is 36.4 Å². The zero-order valence-electron chi connectivity index (χ0n) is 17.5. The Balaban J connectivity index is 1.48. The van der Waals surface area contributed by atoms with Gasteiger partial charge >= 0.3 is 12.0 Å². The first-order valence-electron chi connectivity index (χ1n) is 9.92. The van der Waals surface area contributed by atoms with Crippen molar-refractivity contribution >= 4 is 24.0 Å². The summed E-state index contributed by atoms with van der Waals surface area (Å²) in [6.45, 7) is 0.0512. The molecular weight excluding hydrogens is 431 g/mol. The van der Waals surface area contributed by atoms with Crippen molar-refractivity contribution < 1.29 is 32.7 Å². The fraction of sp³-hybridized carbons (Fsp3) is 0.125. The molecule has 0 atom stereocenters. The van der Waals surface area contributed by atoms with Gasteiger partial charge in [0.25, 0.3) is 5.91 Å². The molecule has 3 aromatic rings. The van der Waals surface area contributed by atoms with Gasteiger partial charge in [-0.05, 0) is 42.0 Å². The minimum Gasteiger partial charge on any atom is -0.488 e. The van der Waals surface area contributed by atoms with Crippen molar-refractivity contribution in [3.8, 4) is 5.75 Å². The van der Waals surface area contributed by atoms with Crippen LogP contribution in [-0.2, 0) is 22.7 Å². The lowest BCUT2D eigenvalue weighted by Gasteiger charge is -2.10. The predicted molar refractivity (Wildman–Crippen MR) is 114 cm³/mol. The van der Waals surface area contributed by atoms with Crippen LogP contribution in [0.15, 0.2) is 70.8 Å². The van der Waals surface area contributed by atoms with Crippen molar-refractivity contribution in [1.82, 2.24) is 10.2 Å². The second kappa shape index (κ2) is 9.39. The van der Waals surface area contributed by atoms with Crippen LogP contribution in [0.1, 0.15) is 27.4 Å². The van der Waals surface area contributed by atoms with Gasteiger partial charge in [-0.1, -0.05) is 30.3 Å². The number of benzene rings is 2. The standard InChI is InChI=1S/C24H19FN2O6/c1-31-23(29)21-11-10-18(33-21)13-27-22(28)19(26-24(27)30)12-16-4-2-3-5-20(16)32-14-15-6-8-17(25)9-7-15/h2-12H,13-14H2,1H3,(H,26,30). The molecule has 0 bridgehead atoms. The third-order valence-corrected chi connectivity index (χ3v) is 4.85. The number of ether oxygens (including phenoxy) is 2. The average Bonchev–Trinajstić information content (AvgIpc) is 3.39. The number of nitrogens with one attached hydrogen (secondary N) is 1. The van der Waals surface area contributed by atoms with Crippen molar-refractivity contribution in [3.05, 3.63) is 94.8 Å². The van der Waals surface area contributed by atoms with Gasteiger partial charge in [0, 0.05) is 5.56 Å². The van der Waals surface area contributed by atoms with E-state index in [1.807, 2.05) is 0 Å². The third kappa shape index (κ3) is 4.93. The largest absolute Gasteiger partial charge is 0.488 e. The molecule has 1 aliphatic rings. The lowest BCUT2D eigenvalue weighted by Crippen LogP contribution is -2.30. The number of imide groups is 1. The number of carbonyl (C=O) groups is 3. The first kappa shape index (κ1) is 21.8. The van der Waals surface area contributed by atoms with Crippen molar-refractivity contribution in [2.45, 2.75) is 13.2 Å². The summed E-state index contributed by atoms with van der Waals surface area (Å²) in [5.74, 6) is -0.824. The van der Waals surface area contributed by atoms with Gasteiger partial charge in [0.15, 0.2) is 0 Å². The maximum absolute atomic E-state index is 13.1. The molecule has 33 heavy (non-hydrogen) atoms. The minimum absolute atomic E-state index is 0.0254. The SMILES string of the molecule is COC(=O)c1ccc(CN2C(=O)NC(=Cc3ccccc3OCc3ccc(F)cc3)C2=O)o1. The van der Waals surface area contributed by atoms with Crippen LogP contribution in [0, 0.1) is 5.82 Å². The number of hydrogen-bond donors (Lipinski definition) is 1. The summed E-state index contributed by atoms with van der Waals surface area (Å²) in [6.07, 6.45) is 1.52. The van der Waals surface area contributed by atoms with Crippen molar-refractivity contribution in [3.63, 3.8) is 0 Å². The Morgan fingerprint density at radius 2 is 1.85 bits per heavy atom. The maximum atomic E-state index is 13.1. The zero-order chi connectivity index (χ0) is 23.4. The first-order chi connectivity index (χ1) is 15.9. The van der Waals surface area contributed by atoms with Crippen LogP contribution >= 0.6 is 0 Å². The van der Waals surface area contributed by atoms with Crippen LogP contribution in [0.4, 0.5) is 9.18 Å². The lowest BCUT2D eigenvalue weighted by atomic mass is 10.1. The van der Waals surface area contributed by atoms with E-state index in [4.69, 9.17) is 9.15 Å². The smallest absolute Gasteiger partial charge is 0.373 e. The topological polar surface area (TPSA) is 98.1 Å². The molecule has 1 aliphatic heterocycles. The number of amides is 3. The van der Waals surface area contributed by atoms with E-state index >= 15 is 0 Å². The quantitative estimate of drug-likeness (QED) is 0.333. The molecule has 4 rings (SSSR count). The van der Waals surface area contributed by atoms with E-state index in [1.165, 1.54) is 37.5 Å². The summed E-state index contributed by atoms with van der Waals surface area (Å²) >= 11 is 0. The number of nitrogens with zero attached hydrogens (tertiary/aromatic N) is 1. The summed E-state index contributed by atoms with van der Waals surface area (Å²) in [6, 6.07) is 15.2. The number of hydrogen-bond acceptors (Lipinski definition) is 6. The normalized spacial score (nSPS) is 14.5. The Labute approximate surface area is 188 Å². The lowest BCUT2D eigenvalue weighted by molar-refractivity contribution is -0.123. The van der Waals surface area contributed by atoms with Crippen molar-refractivity contribution in [1.29, 1.82) is 0 Å². The number of furan rings is 1. The Hall–Kier alpha value is -4.40. The zero-order valence-corrected chi connectivity index (χ0v) is 17.5. The van der Waals surface area contributed by atoms with Crippen molar-refractivity contribution in [2.24, 2.45) is 0 Å². The Morgan fingerprint density at radius 3 is 2.61 bits per heavy atom. The number of para-hydroxylation sites is 1. The van der Waals surface area contributed by atoms with Crippen LogP contribution in [0.2, 0.25) is 0 Å². The molecule has 168 valence electrons. The number of esters is 1. The number of halogens is 1.